The van der Waals surface area contributed by atoms with Crippen molar-refractivity contribution in [1.82, 2.24) is 5.32 Å². The van der Waals surface area contributed by atoms with Crippen LogP contribution in [0.15, 0.2) is 29.2 Å². The van der Waals surface area contributed by atoms with Gasteiger partial charge < -0.3 is 5.32 Å². The van der Waals surface area contributed by atoms with Gasteiger partial charge in [-0.25, -0.2) is 0 Å². The van der Waals surface area contributed by atoms with Crippen LogP contribution in [-0.2, 0) is 0 Å². The second-order valence-corrected chi connectivity index (χ2v) is 4.90. The van der Waals surface area contributed by atoms with E-state index in [4.69, 9.17) is 0 Å². The molecule has 1 fully saturated rings. The molecule has 6 heteroatoms. The summed E-state index contributed by atoms with van der Waals surface area (Å²) in [6.45, 7) is 0.990. The van der Waals surface area contributed by atoms with Crippen molar-refractivity contribution < 1.29 is 13.2 Å². The van der Waals surface area contributed by atoms with Gasteiger partial charge in [0.2, 0.25) is 0 Å². The molecule has 1 nitrogen and oxygen atoms in total. The first-order valence-electron chi connectivity index (χ1n) is 5.14. The van der Waals surface area contributed by atoms with E-state index in [9.17, 15) is 13.2 Å². The van der Waals surface area contributed by atoms with Gasteiger partial charge in [0, 0.05) is 10.9 Å². The summed E-state index contributed by atoms with van der Waals surface area (Å²) in [7, 11) is 0. The van der Waals surface area contributed by atoms with Gasteiger partial charge in [-0.05, 0) is 48.8 Å². The van der Waals surface area contributed by atoms with Gasteiger partial charge in [0.25, 0.3) is 0 Å². The zero-order valence-electron chi connectivity index (χ0n) is 8.96. The van der Waals surface area contributed by atoms with E-state index in [0.717, 1.165) is 24.9 Å². The first kappa shape index (κ1) is 14.7. The van der Waals surface area contributed by atoms with Gasteiger partial charge in [-0.15, -0.1) is 12.4 Å². The third-order valence-electron chi connectivity index (χ3n) is 2.58. The normalized spacial score (nSPS) is 20.1. The van der Waals surface area contributed by atoms with Crippen LogP contribution in [0.3, 0.4) is 0 Å². The molecule has 0 unspecified atom stereocenters. The number of rotatable bonds is 2. The van der Waals surface area contributed by atoms with Crippen LogP contribution in [-0.4, -0.2) is 12.1 Å². The molecule has 0 saturated carbocycles. The summed E-state index contributed by atoms with van der Waals surface area (Å²) in [5.74, 6) is 0. The summed E-state index contributed by atoms with van der Waals surface area (Å²) in [6, 6.07) is 6.93. The molecule has 1 aromatic carbocycles. The van der Waals surface area contributed by atoms with Crippen molar-refractivity contribution in [2.45, 2.75) is 29.3 Å². The third-order valence-corrected chi connectivity index (χ3v) is 3.32. The second kappa shape index (κ2) is 5.98. The van der Waals surface area contributed by atoms with Crippen molar-refractivity contribution in [3.63, 3.8) is 0 Å². The van der Waals surface area contributed by atoms with Crippen LogP contribution < -0.4 is 5.32 Å². The molecule has 0 radical (unpaired) electrons. The monoisotopic (exact) mass is 283 g/mol. The summed E-state index contributed by atoms with van der Waals surface area (Å²) in [6.07, 6.45) is 2.19. The highest BCUT2D eigenvalue weighted by molar-refractivity contribution is 8.00. The Hall–Kier alpha value is -0.390. The van der Waals surface area contributed by atoms with Gasteiger partial charge in [0.05, 0.1) is 0 Å². The highest BCUT2D eigenvalue weighted by atomic mass is 35.5. The lowest BCUT2D eigenvalue weighted by Gasteiger charge is -2.11. The lowest BCUT2D eigenvalue weighted by molar-refractivity contribution is -0.0328. The number of thioether (sulfide) groups is 1. The molecule has 96 valence electrons. The number of hydrogen-bond donors (Lipinski definition) is 1. The smallest absolute Gasteiger partial charge is 0.310 e. The fourth-order valence-electron chi connectivity index (χ4n) is 1.87. The van der Waals surface area contributed by atoms with Crippen molar-refractivity contribution in [2.24, 2.45) is 0 Å². The summed E-state index contributed by atoms with van der Waals surface area (Å²) in [4.78, 5) is 0.245. The number of halogens is 4. The predicted octanol–water partition coefficient (Wildman–Crippen LogP) is 4.14. The topological polar surface area (TPSA) is 12.0 Å². The Balaban J connectivity index is 0.00000144. The molecule has 1 aromatic rings. The summed E-state index contributed by atoms with van der Waals surface area (Å²) in [5.41, 5.74) is -3.13. The molecule has 1 atom stereocenters. The van der Waals surface area contributed by atoms with Crippen LogP contribution in [0.4, 0.5) is 13.2 Å². The number of hydrogen-bond acceptors (Lipinski definition) is 2. The van der Waals surface area contributed by atoms with E-state index in [1.807, 2.05) is 0 Å². The van der Waals surface area contributed by atoms with Crippen molar-refractivity contribution in [1.29, 1.82) is 0 Å². The number of nitrogens with one attached hydrogen (secondary N) is 1. The Bertz CT molecular complexity index is 347. The van der Waals surface area contributed by atoms with Crippen molar-refractivity contribution in [3.05, 3.63) is 29.8 Å². The van der Waals surface area contributed by atoms with Gasteiger partial charge in [0.15, 0.2) is 0 Å². The van der Waals surface area contributed by atoms with Crippen LogP contribution in [0, 0.1) is 0 Å². The number of benzene rings is 1. The second-order valence-electron chi connectivity index (χ2n) is 3.77. The summed E-state index contributed by atoms with van der Waals surface area (Å²) >= 11 is -0.0684. The molecule has 1 aliphatic rings. The Labute approximate surface area is 109 Å². The van der Waals surface area contributed by atoms with Gasteiger partial charge in [-0.3, -0.25) is 0 Å². The molecule has 0 amide bonds. The Morgan fingerprint density at radius 1 is 1.18 bits per heavy atom. The van der Waals surface area contributed by atoms with E-state index in [0.29, 0.717) is 6.04 Å². The molecular formula is C11H13ClF3NS. The maximum atomic E-state index is 12.1. The van der Waals surface area contributed by atoms with Crippen LogP contribution >= 0.6 is 24.2 Å². The van der Waals surface area contributed by atoms with Crippen molar-refractivity contribution in [2.75, 3.05) is 6.54 Å². The van der Waals surface area contributed by atoms with Crippen LogP contribution in [0.1, 0.15) is 24.4 Å². The molecule has 0 aliphatic carbocycles. The standard InChI is InChI=1S/C11H12F3NS.ClH/c12-11(13,14)16-9-5-3-8(4-6-9)10-2-1-7-15-10;/h3-6,10,15H,1-2,7H2;1H/t10-;/m0./s1. The fourth-order valence-corrected chi connectivity index (χ4v) is 2.41. The lowest BCUT2D eigenvalue weighted by Crippen LogP contribution is -2.12. The molecule has 0 aromatic heterocycles. The van der Waals surface area contributed by atoms with Gasteiger partial charge in [-0.2, -0.15) is 13.2 Å². The van der Waals surface area contributed by atoms with Crippen LogP contribution in [0.5, 0.6) is 0 Å². The predicted molar refractivity (Wildman–Crippen MR) is 65.6 cm³/mol. The lowest BCUT2D eigenvalue weighted by atomic mass is 10.1. The molecule has 2 rings (SSSR count). The van der Waals surface area contributed by atoms with E-state index in [1.165, 1.54) is 12.1 Å². The average Bonchev–Trinajstić information content (AvgIpc) is 2.69. The number of alkyl halides is 3. The van der Waals surface area contributed by atoms with E-state index in [1.54, 1.807) is 12.1 Å². The Morgan fingerprint density at radius 2 is 1.82 bits per heavy atom. The Morgan fingerprint density at radius 3 is 2.29 bits per heavy atom. The van der Waals surface area contributed by atoms with Crippen molar-refractivity contribution in [3.8, 4) is 0 Å². The summed E-state index contributed by atoms with van der Waals surface area (Å²) < 4.78 is 36.3. The zero-order valence-corrected chi connectivity index (χ0v) is 10.6. The maximum absolute atomic E-state index is 12.1. The minimum atomic E-state index is -4.20. The maximum Gasteiger partial charge on any atom is 0.446 e. The van der Waals surface area contributed by atoms with Gasteiger partial charge in [0.1, 0.15) is 0 Å². The summed E-state index contributed by atoms with van der Waals surface area (Å²) in [5, 5.41) is 3.31. The van der Waals surface area contributed by atoms with Gasteiger partial charge >= 0.3 is 5.51 Å². The first-order valence-corrected chi connectivity index (χ1v) is 5.95. The minimum absolute atomic E-state index is 0. The molecule has 17 heavy (non-hydrogen) atoms. The SMILES string of the molecule is Cl.FC(F)(F)Sc1ccc([C@@H]2CCCN2)cc1. The van der Waals surface area contributed by atoms with E-state index in [2.05, 4.69) is 5.32 Å². The van der Waals surface area contributed by atoms with Gasteiger partial charge in [-0.1, -0.05) is 12.1 Å². The molecule has 1 N–H and O–H groups in total. The largest absolute Gasteiger partial charge is 0.446 e. The highest BCUT2D eigenvalue weighted by Gasteiger charge is 2.29. The molecular weight excluding hydrogens is 271 g/mol. The highest BCUT2D eigenvalue weighted by Crippen LogP contribution is 2.37. The first-order chi connectivity index (χ1) is 7.54. The van der Waals surface area contributed by atoms with Crippen molar-refractivity contribution >= 4 is 24.2 Å². The quantitative estimate of drug-likeness (QED) is 0.819. The average molecular weight is 284 g/mol. The molecule has 0 bridgehead atoms. The Kier molecular flexibility index (Phi) is 5.16. The zero-order chi connectivity index (χ0) is 11.6. The van der Waals surface area contributed by atoms with E-state index in [-0.39, 0.29) is 29.1 Å². The van der Waals surface area contributed by atoms with Crippen LogP contribution in [0.25, 0.3) is 0 Å². The fraction of sp³-hybridized carbons (Fsp3) is 0.455. The minimum Gasteiger partial charge on any atom is -0.310 e. The molecule has 1 aliphatic heterocycles. The molecule has 1 saturated heterocycles. The molecule has 1 heterocycles. The third kappa shape index (κ3) is 4.41. The van der Waals surface area contributed by atoms with E-state index < -0.39 is 5.51 Å². The van der Waals surface area contributed by atoms with Crippen LogP contribution in [0.2, 0.25) is 0 Å². The van der Waals surface area contributed by atoms with E-state index >= 15 is 0 Å². The molecule has 0 spiro atoms.